The van der Waals surface area contributed by atoms with E-state index in [9.17, 15) is 25.2 Å². The summed E-state index contributed by atoms with van der Waals surface area (Å²) in [5.74, 6) is -0.240. The molecule has 2 heterocycles. The number of amides is 1. The van der Waals surface area contributed by atoms with Gasteiger partial charge >= 0.3 is 0 Å². The molecule has 1 aliphatic carbocycles. The lowest BCUT2D eigenvalue weighted by atomic mass is 9.66. The molecule has 0 atom stereocenters. The van der Waals surface area contributed by atoms with Gasteiger partial charge in [0, 0.05) is 37.4 Å². The summed E-state index contributed by atoms with van der Waals surface area (Å²) >= 11 is 0. The lowest BCUT2D eigenvalue weighted by molar-refractivity contribution is -0.118. The summed E-state index contributed by atoms with van der Waals surface area (Å²) in [4.78, 5) is 21.8. The Labute approximate surface area is 234 Å². The number of aryl methyl sites for hydroxylation is 1. The number of aromatic nitrogens is 1. The van der Waals surface area contributed by atoms with Gasteiger partial charge < -0.3 is 25.3 Å². The molecule has 0 spiro atoms. The first-order chi connectivity index (χ1) is 18.8. The molecule has 0 radical (unpaired) electrons. The molecule has 8 heteroatoms. The van der Waals surface area contributed by atoms with E-state index in [1.165, 1.54) is 44.3 Å². The zero-order chi connectivity index (χ0) is 28.3. The summed E-state index contributed by atoms with van der Waals surface area (Å²) in [6, 6.07) is 3.71. The maximum atomic E-state index is 13.2. The Balaban J connectivity index is 1.64. The highest BCUT2D eigenvalue weighted by Crippen LogP contribution is 2.46. The fraction of sp³-hybridized carbons (Fsp3) is 0.677. The average molecular weight is 544 g/mol. The molecule has 1 saturated heterocycles. The van der Waals surface area contributed by atoms with E-state index >= 15 is 0 Å². The topological polar surface area (TPSA) is 117 Å². The Morgan fingerprint density at radius 2 is 1.82 bits per heavy atom. The SMILES string of the molecule is C=C/C=C(\O)C(=O)N(c1ccc(C)cn1)C1CCN(CCC2(CCC(CO)(CO)CCO)CCCCC2)CC1. The van der Waals surface area contributed by atoms with Crippen LogP contribution in [-0.2, 0) is 4.79 Å². The molecular weight excluding hydrogens is 494 g/mol. The van der Waals surface area contributed by atoms with Gasteiger partial charge in [0.05, 0.1) is 13.2 Å². The molecule has 0 bridgehead atoms. The zero-order valence-corrected chi connectivity index (χ0v) is 23.7. The van der Waals surface area contributed by atoms with Gasteiger partial charge in [0.2, 0.25) is 0 Å². The third-order valence-corrected chi connectivity index (χ3v) is 9.15. The number of pyridine rings is 1. The summed E-state index contributed by atoms with van der Waals surface area (Å²) < 4.78 is 0. The van der Waals surface area contributed by atoms with Gasteiger partial charge in [-0.25, -0.2) is 4.98 Å². The molecule has 3 rings (SSSR count). The predicted molar refractivity (Wildman–Crippen MR) is 155 cm³/mol. The number of rotatable bonds is 14. The molecule has 1 aliphatic heterocycles. The van der Waals surface area contributed by atoms with Crippen LogP contribution >= 0.6 is 0 Å². The predicted octanol–water partition coefficient (Wildman–Crippen LogP) is 4.29. The molecule has 0 unspecified atom stereocenters. The molecule has 4 N–H and O–H groups in total. The summed E-state index contributed by atoms with van der Waals surface area (Å²) in [6.45, 7) is 8.03. The quantitative estimate of drug-likeness (QED) is 0.157. The van der Waals surface area contributed by atoms with Crippen LogP contribution < -0.4 is 4.90 Å². The summed E-state index contributed by atoms with van der Waals surface area (Å²) in [7, 11) is 0. The highest BCUT2D eigenvalue weighted by atomic mass is 16.3. The molecule has 39 heavy (non-hydrogen) atoms. The van der Waals surface area contributed by atoms with Gasteiger partial charge in [0.15, 0.2) is 5.76 Å². The van der Waals surface area contributed by atoms with Crippen molar-refractivity contribution in [3.63, 3.8) is 0 Å². The second-order valence-corrected chi connectivity index (χ2v) is 11.8. The number of piperidine rings is 1. The molecule has 1 saturated carbocycles. The lowest BCUT2D eigenvalue weighted by Crippen LogP contribution is -2.49. The van der Waals surface area contributed by atoms with Crippen molar-refractivity contribution < 1.29 is 25.2 Å². The Morgan fingerprint density at radius 1 is 1.13 bits per heavy atom. The van der Waals surface area contributed by atoms with Crippen molar-refractivity contribution >= 4 is 11.7 Å². The van der Waals surface area contributed by atoms with E-state index in [0.717, 1.165) is 57.3 Å². The third kappa shape index (κ3) is 8.37. The first kappa shape index (κ1) is 31.3. The smallest absolute Gasteiger partial charge is 0.294 e. The molecule has 1 amide bonds. The minimum absolute atomic E-state index is 0.0259. The van der Waals surface area contributed by atoms with Gasteiger partial charge in [-0.05, 0) is 88.0 Å². The van der Waals surface area contributed by atoms with Crippen LogP contribution in [-0.4, -0.2) is 81.7 Å². The van der Waals surface area contributed by atoms with Crippen LogP contribution in [0.5, 0.6) is 0 Å². The highest BCUT2D eigenvalue weighted by molar-refractivity contribution is 6.03. The van der Waals surface area contributed by atoms with E-state index in [-0.39, 0.29) is 37.0 Å². The molecule has 1 aromatic rings. The standard InChI is InChI=1S/C31H49N3O5/c1-3-7-27(38)29(39)34(28-9-8-25(2)22-32-28)26-10-18-33(19-11-26)20-16-30(12-5-4-6-13-30)14-15-31(23-36,24-37)17-21-35/h3,7-9,22,26,35-38H,1,4-6,10-21,23-24H2,2H3/b27-7-. The minimum Gasteiger partial charge on any atom is -0.503 e. The van der Waals surface area contributed by atoms with E-state index in [1.54, 1.807) is 11.1 Å². The Morgan fingerprint density at radius 3 is 2.38 bits per heavy atom. The molecule has 1 aromatic heterocycles. The number of aliphatic hydroxyl groups is 4. The Bertz CT molecular complexity index is 930. The van der Waals surface area contributed by atoms with E-state index in [1.807, 2.05) is 19.1 Å². The number of hydrogen-bond acceptors (Lipinski definition) is 7. The fourth-order valence-electron chi connectivity index (χ4n) is 6.35. The molecule has 0 aromatic carbocycles. The summed E-state index contributed by atoms with van der Waals surface area (Å²) in [5, 5.41) is 39.8. The van der Waals surface area contributed by atoms with Crippen molar-refractivity contribution in [1.82, 2.24) is 9.88 Å². The van der Waals surface area contributed by atoms with E-state index in [4.69, 9.17) is 0 Å². The first-order valence-electron chi connectivity index (χ1n) is 14.6. The summed E-state index contributed by atoms with van der Waals surface area (Å²) in [5.41, 5.74) is 0.605. The third-order valence-electron chi connectivity index (χ3n) is 9.15. The molecule has 218 valence electrons. The van der Waals surface area contributed by atoms with Crippen molar-refractivity contribution in [3.8, 4) is 0 Å². The van der Waals surface area contributed by atoms with Crippen LogP contribution in [0.1, 0.15) is 76.2 Å². The number of carbonyl (C=O) groups excluding carboxylic acids is 1. The molecular formula is C31H49N3O5. The second kappa shape index (κ2) is 14.9. The van der Waals surface area contributed by atoms with E-state index < -0.39 is 11.3 Å². The molecule has 2 aliphatic rings. The first-order valence-corrected chi connectivity index (χ1v) is 14.6. The van der Waals surface area contributed by atoms with Crippen molar-refractivity contribution in [2.75, 3.05) is 44.4 Å². The Kier molecular flexibility index (Phi) is 12.0. The van der Waals surface area contributed by atoms with Gasteiger partial charge in [0.1, 0.15) is 5.82 Å². The van der Waals surface area contributed by atoms with Crippen LogP contribution in [0.15, 0.2) is 42.8 Å². The molecule has 2 fully saturated rings. The van der Waals surface area contributed by atoms with Crippen molar-refractivity contribution in [2.24, 2.45) is 10.8 Å². The number of anilines is 1. The number of carbonyl (C=O) groups is 1. The number of nitrogens with zero attached hydrogens (tertiary/aromatic N) is 3. The van der Waals surface area contributed by atoms with Crippen molar-refractivity contribution in [2.45, 2.75) is 83.6 Å². The van der Waals surface area contributed by atoms with Crippen LogP contribution in [0.4, 0.5) is 5.82 Å². The maximum Gasteiger partial charge on any atom is 0.294 e. The second-order valence-electron chi connectivity index (χ2n) is 11.8. The van der Waals surface area contributed by atoms with E-state index in [2.05, 4.69) is 16.5 Å². The van der Waals surface area contributed by atoms with Gasteiger partial charge in [-0.1, -0.05) is 38.0 Å². The molecule has 8 nitrogen and oxygen atoms in total. The van der Waals surface area contributed by atoms with Crippen LogP contribution in [0.3, 0.4) is 0 Å². The van der Waals surface area contributed by atoms with Gasteiger partial charge in [-0.15, -0.1) is 0 Å². The summed E-state index contributed by atoms with van der Waals surface area (Å²) in [6.07, 6.45) is 15.3. The number of likely N-dealkylation sites (tertiary alicyclic amines) is 1. The van der Waals surface area contributed by atoms with Crippen LogP contribution in [0, 0.1) is 17.8 Å². The van der Waals surface area contributed by atoms with Crippen LogP contribution in [0.2, 0.25) is 0 Å². The van der Waals surface area contributed by atoms with Crippen molar-refractivity contribution in [3.05, 3.63) is 48.4 Å². The van der Waals surface area contributed by atoms with Gasteiger partial charge in [0.25, 0.3) is 5.91 Å². The Hall–Kier alpha value is -2.26. The minimum atomic E-state index is -0.608. The van der Waals surface area contributed by atoms with Gasteiger partial charge in [-0.2, -0.15) is 0 Å². The number of hydrogen-bond donors (Lipinski definition) is 4. The average Bonchev–Trinajstić information content (AvgIpc) is 2.97. The normalized spacial score (nSPS) is 19.1. The zero-order valence-electron chi connectivity index (χ0n) is 23.7. The largest absolute Gasteiger partial charge is 0.503 e. The fourth-order valence-corrected chi connectivity index (χ4v) is 6.35. The maximum absolute atomic E-state index is 13.2. The lowest BCUT2D eigenvalue weighted by Gasteiger charge is -2.43. The monoisotopic (exact) mass is 543 g/mol. The number of allylic oxidation sites excluding steroid dienone is 2. The van der Waals surface area contributed by atoms with Crippen molar-refractivity contribution in [1.29, 1.82) is 0 Å². The van der Waals surface area contributed by atoms with Gasteiger partial charge in [-0.3, -0.25) is 9.69 Å². The highest BCUT2D eigenvalue weighted by Gasteiger charge is 2.37. The van der Waals surface area contributed by atoms with E-state index in [0.29, 0.717) is 12.2 Å². The number of aliphatic hydroxyl groups excluding tert-OH is 4. The van der Waals surface area contributed by atoms with Crippen LogP contribution in [0.25, 0.3) is 0 Å².